The molecule has 1 atom stereocenters. The van der Waals surface area contributed by atoms with Crippen LogP contribution in [0, 0.1) is 21.7 Å². The third-order valence-electron chi connectivity index (χ3n) is 1.72. The molecule has 0 spiro atoms. The van der Waals surface area contributed by atoms with Crippen LogP contribution in [0.2, 0.25) is 0 Å². The predicted molar refractivity (Wildman–Crippen MR) is 43.6 cm³/mol. The summed E-state index contributed by atoms with van der Waals surface area (Å²) in [4.78, 5) is 9.52. The Morgan fingerprint density at radius 3 is 2.36 bits per heavy atom. The molecule has 4 nitrogen and oxygen atoms in total. The molecule has 6 heteroatoms. The van der Waals surface area contributed by atoms with Crippen LogP contribution in [0.15, 0.2) is 12.1 Å². The molecule has 1 rings (SSSR count). The van der Waals surface area contributed by atoms with Gasteiger partial charge in [-0.3, -0.25) is 10.1 Å². The summed E-state index contributed by atoms with van der Waals surface area (Å²) in [5, 5.41) is 19.5. The summed E-state index contributed by atoms with van der Waals surface area (Å²) < 4.78 is 25.3. The van der Waals surface area contributed by atoms with Crippen molar-refractivity contribution in [1.82, 2.24) is 0 Å². The number of aliphatic hydroxyl groups excluding tert-OH is 1. The lowest BCUT2D eigenvalue weighted by atomic mass is 10.1. The first kappa shape index (κ1) is 10.5. The molecule has 0 bridgehead atoms. The van der Waals surface area contributed by atoms with Crippen molar-refractivity contribution in [2.45, 2.75) is 13.0 Å². The van der Waals surface area contributed by atoms with Crippen LogP contribution in [-0.2, 0) is 0 Å². The predicted octanol–water partition coefficient (Wildman–Crippen LogP) is 1.93. The Kier molecular flexibility index (Phi) is 2.76. The maximum Gasteiger partial charge on any atom is 0.278 e. The van der Waals surface area contributed by atoms with Gasteiger partial charge in [-0.1, -0.05) is 0 Å². The SMILES string of the molecule is CC(O)c1cc(F)c(F)cc1[N+](=O)[O-]. The zero-order chi connectivity index (χ0) is 10.9. The van der Waals surface area contributed by atoms with Crippen LogP contribution < -0.4 is 0 Å². The van der Waals surface area contributed by atoms with Crippen LogP contribution >= 0.6 is 0 Å². The molecular weight excluding hydrogens is 196 g/mol. The lowest BCUT2D eigenvalue weighted by Crippen LogP contribution is -2.01. The third kappa shape index (κ3) is 1.85. The zero-order valence-electron chi connectivity index (χ0n) is 7.20. The molecule has 0 aromatic heterocycles. The standard InChI is InChI=1S/C8H7F2NO3/c1-4(12)5-2-6(9)7(10)3-8(5)11(13)14/h2-4,12H,1H3. The summed E-state index contributed by atoms with van der Waals surface area (Å²) in [6.07, 6.45) is -1.22. The molecule has 0 aliphatic heterocycles. The smallest absolute Gasteiger partial charge is 0.278 e. The van der Waals surface area contributed by atoms with Gasteiger partial charge < -0.3 is 5.11 Å². The Hall–Kier alpha value is -1.56. The minimum atomic E-state index is -1.30. The van der Waals surface area contributed by atoms with E-state index in [0.29, 0.717) is 12.1 Å². The molecule has 1 aromatic carbocycles. The molecule has 1 N–H and O–H groups in total. The van der Waals surface area contributed by atoms with Gasteiger partial charge in [0.1, 0.15) is 0 Å². The van der Waals surface area contributed by atoms with Crippen molar-refractivity contribution in [3.63, 3.8) is 0 Å². The second-order valence-electron chi connectivity index (χ2n) is 2.76. The number of benzene rings is 1. The topological polar surface area (TPSA) is 63.4 Å². The summed E-state index contributed by atoms with van der Waals surface area (Å²) in [5.41, 5.74) is -0.868. The highest BCUT2D eigenvalue weighted by Gasteiger charge is 2.21. The number of nitro benzene ring substituents is 1. The number of halogens is 2. The Labute approximate surface area is 77.9 Å². The number of rotatable bonds is 2. The van der Waals surface area contributed by atoms with E-state index in [1.807, 2.05) is 0 Å². The Morgan fingerprint density at radius 2 is 1.93 bits per heavy atom. The maximum atomic E-state index is 12.7. The molecule has 0 saturated heterocycles. The molecule has 0 saturated carbocycles. The fraction of sp³-hybridized carbons (Fsp3) is 0.250. The van der Waals surface area contributed by atoms with Gasteiger partial charge in [-0.05, 0) is 13.0 Å². The summed E-state index contributed by atoms with van der Waals surface area (Å²) in [7, 11) is 0. The van der Waals surface area contributed by atoms with E-state index in [1.54, 1.807) is 0 Å². The van der Waals surface area contributed by atoms with Crippen molar-refractivity contribution in [3.8, 4) is 0 Å². The highest BCUT2D eigenvalue weighted by Crippen LogP contribution is 2.27. The van der Waals surface area contributed by atoms with E-state index in [-0.39, 0.29) is 5.56 Å². The largest absolute Gasteiger partial charge is 0.388 e. The normalized spacial score (nSPS) is 12.6. The van der Waals surface area contributed by atoms with Crippen molar-refractivity contribution < 1.29 is 18.8 Å². The Morgan fingerprint density at radius 1 is 1.43 bits per heavy atom. The van der Waals surface area contributed by atoms with E-state index in [4.69, 9.17) is 5.11 Å². The number of aliphatic hydroxyl groups is 1. The Bertz CT molecular complexity index is 379. The highest BCUT2D eigenvalue weighted by atomic mass is 19.2. The van der Waals surface area contributed by atoms with Crippen LogP contribution in [-0.4, -0.2) is 10.0 Å². The number of hydrogen-bond acceptors (Lipinski definition) is 3. The molecule has 14 heavy (non-hydrogen) atoms. The monoisotopic (exact) mass is 203 g/mol. The fourth-order valence-corrected chi connectivity index (χ4v) is 1.04. The Balaban J connectivity index is 3.39. The molecule has 0 radical (unpaired) electrons. The van der Waals surface area contributed by atoms with Gasteiger partial charge in [-0.15, -0.1) is 0 Å². The van der Waals surface area contributed by atoms with Crippen molar-refractivity contribution in [2.75, 3.05) is 0 Å². The van der Waals surface area contributed by atoms with Crippen molar-refractivity contribution >= 4 is 5.69 Å². The second-order valence-corrected chi connectivity index (χ2v) is 2.76. The van der Waals surface area contributed by atoms with Crippen LogP contribution in [0.1, 0.15) is 18.6 Å². The lowest BCUT2D eigenvalue weighted by Gasteiger charge is -2.05. The van der Waals surface area contributed by atoms with Gasteiger partial charge in [-0.25, -0.2) is 8.78 Å². The molecule has 0 aliphatic rings. The first-order chi connectivity index (χ1) is 6.43. The van der Waals surface area contributed by atoms with Gasteiger partial charge in [0.2, 0.25) is 0 Å². The quantitative estimate of drug-likeness (QED) is 0.590. The molecule has 0 aliphatic carbocycles. The van der Waals surface area contributed by atoms with Crippen LogP contribution in [0.4, 0.5) is 14.5 Å². The number of nitro groups is 1. The molecule has 76 valence electrons. The average Bonchev–Trinajstić information content (AvgIpc) is 2.08. The summed E-state index contributed by atoms with van der Waals surface area (Å²) in [5.74, 6) is -2.52. The third-order valence-corrected chi connectivity index (χ3v) is 1.72. The minimum absolute atomic E-state index is 0.242. The van der Waals surface area contributed by atoms with Crippen molar-refractivity contribution in [3.05, 3.63) is 39.4 Å². The van der Waals surface area contributed by atoms with E-state index in [9.17, 15) is 18.9 Å². The van der Waals surface area contributed by atoms with Crippen LogP contribution in [0.25, 0.3) is 0 Å². The second kappa shape index (κ2) is 3.67. The zero-order valence-corrected chi connectivity index (χ0v) is 7.20. The van der Waals surface area contributed by atoms with Gasteiger partial charge in [0.25, 0.3) is 5.69 Å². The van der Waals surface area contributed by atoms with Gasteiger partial charge in [-0.2, -0.15) is 0 Å². The molecule has 0 heterocycles. The van der Waals surface area contributed by atoms with E-state index in [1.165, 1.54) is 6.92 Å². The van der Waals surface area contributed by atoms with Crippen molar-refractivity contribution in [2.24, 2.45) is 0 Å². The van der Waals surface area contributed by atoms with E-state index in [2.05, 4.69) is 0 Å². The van der Waals surface area contributed by atoms with Crippen LogP contribution in [0.5, 0.6) is 0 Å². The molecule has 0 fully saturated rings. The van der Waals surface area contributed by atoms with Crippen molar-refractivity contribution in [1.29, 1.82) is 0 Å². The van der Waals surface area contributed by atoms with E-state index >= 15 is 0 Å². The average molecular weight is 203 g/mol. The van der Waals surface area contributed by atoms with Gasteiger partial charge in [0.05, 0.1) is 22.7 Å². The van der Waals surface area contributed by atoms with Gasteiger partial charge >= 0.3 is 0 Å². The van der Waals surface area contributed by atoms with Gasteiger partial charge in [0.15, 0.2) is 11.6 Å². The first-order valence-corrected chi connectivity index (χ1v) is 3.75. The van der Waals surface area contributed by atoms with Gasteiger partial charge in [0, 0.05) is 0 Å². The minimum Gasteiger partial charge on any atom is -0.388 e. The van der Waals surface area contributed by atoms with E-state index < -0.39 is 28.3 Å². The lowest BCUT2D eigenvalue weighted by molar-refractivity contribution is -0.386. The number of nitrogens with zero attached hydrogens (tertiary/aromatic N) is 1. The molecule has 1 unspecified atom stereocenters. The molecular formula is C8H7F2NO3. The summed E-state index contributed by atoms with van der Waals surface area (Å²) in [6, 6.07) is 1.08. The maximum absolute atomic E-state index is 12.7. The summed E-state index contributed by atoms with van der Waals surface area (Å²) in [6.45, 7) is 1.24. The highest BCUT2D eigenvalue weighted by molar-refractivity contribution is 5.42. The molecule has 0 amide bonds. The summed E-state index contributed by atoms with van der Waals surface area (Å²) >= 11 is 0. The van der Waals surface area contributed by atoms with E-state index in [0.717, 1.165) is 0 Å². The first-order valence-electron chi connectivity index (χ1n) is 3.75. The molecule has 1 aromatic rings. The fourth-order valence-electron chi connectivity index (χ4n) is 1.04. The van der Waals surface area contributed by atoms with Crippen LogP contribution in [0.3, 0.4) is 0 Å². The number of hydrogen-bond donors (Lipinski definition) is 1.